The quantitative estimate of drug-likeness (QED) is 0.613. The summed E-state index contributed by atoms with van der Waals surface area (Å²) >= 11 is 9.33. The molecule has 0 N–H and O–H groups in total. The third kappa shape index (κ3) is 2.73. The van der Waals surface area contributed by atoms with E-state index in [1.807, 2.05) is 30.3 Å². The first kappa shape index (κ1) is 13.6. The molecule has 1 heterocycles. The SMILES string of the molecule is CC(=O)c1ccc(Sc2nc3ccccc3s2)cc1Cl. The number of Topliss-reactive ketones (excluding diaryl/α,β-unsaturated/α-hetero) is 1. The monoisotopic (exact) mass is 319 g/mol. The van der Waals surface area contributed by atoms with Gasteiger partial charge in [-0.1, -0.05) is 35.5 Å². The second-order valence-corrected chi connectivity index (χ2v) is 7.01. The van der Waals surface area contributed by atoms with Gasteiger partial charge in [-0.25, -0.2) is 4.98 Å². The van der Waals surface area contributed by atoms with E-state index in [4.69, 9.17) is 11.6 Å². The summed E-state index contributed by atoms with van der Waals surface area (Å²) in [6, 6.07) is 13.5. The molecule has 1 aromatic heterocycles. The minimum absolute atomic E-state index is 0.0217. The number of aromatic nitrogens is 1. The third-order valence-electron chi connectivity index (χ3n) is 2.80. The molecule has 0 radical (unpaired) electrons. The largest absolute Gasteiger partial charge is 0.294 e. The normalized spacial score (nSPS) is 10.9. The van der Waals surface area contributed by atoms with Gasteiger partial charge in [-0.3, -0.25) is 4.79 Å². The Balaban J connectivity index is 1.90. The van der Waals surface area contributed by atoms with Gasteiger partial charge in [-0.05, 0) is 37.3 Å². The highest BCUT2D eigenvalue weighted by Gasteiger charge is 2.09. The smallest absolute Gasteiger partial charge is 0.161 e. The van der Waals surface area contributed by atoms with Crippen LogP contribution >= 0.6 is 34.7 Å². The van der Waals surface area contributed by atoms with Crippen molar-refractivity contribution in [1.82, 2.24) is 4.98 Å². The Hall–Kier alpha value is -1.36. The summed E-state index contributed by atoms with van der Waals surface area (Å²) in [6.45, 7) is 1.52. The average molecular weight is 320 g/mol. The van der Waals surface area contributed by atoms with Gasteiger partial charge in [0, 0.05) is 10.5 Å². The van der Waals surface area contributed by atoms with Crippen molar-refractivity contribution >= 4 is 50.7 Å². The lowest BCUT2D eigenvalue weighted by Crippen LogP contribution is -1.92. The highest BCUT2D eigenvalue weighted by atomic mass is 35.5. The van der Waals surface area contributed by atoms with Gasteiger partial charge in [0.05, 0.1) is 15.2 Å². The minimum atomic E-state index is -0.0217. The predicted molar refractivity (Wildman–Crippen MR) is 85.2 cm³/mol. The van der Waals surface area contributed by atoms with Gasteiger partial charge in [0.15, 0.2) is 10.1 Å². The molecule has 3 aromatic rings. The molecule has 0 aliphatic heterocycles. The fourth-order valence-electron chi connectivity index (χ4n) is 1.84. The van der Waals surface area contributed by atoms with E-state index >= 15 is 0 Å². The molecule has 5 heteroatoms. The Morgan fingerprint density at radius 1 is 1.25 bits per heavy atom. The molecule has 0 saturated carbocycles. The second kappa shape index (κ2) is 5.56. The van der Waals surface area contributed by atoms with Gasteiger partial charge in [-0.15, -0.1) is 11.3 Å². The highest BCUT2D eigenvalue weighted by Crippen LogP contribution is 2.35. The van der Waals surface area contributed by atoms with Gasteiger partial charge >= 0.3 is 0 Å². The molecule has 0 aliphatic rings. The van der Waals surface area contributed by atoms with E-state index < -0.39 is 0 Å². The van der Waals surface area contributed by atoms with Crippen molar-refractivity contribution in [3.05, 3.63) is 53.1 Å². The van der Waals surface area contributed by atoms with Crippen molar-refractivity contribution < 1.29 is 4.79 Å². The van der Waals surface area contributed by atoms with Crippen LogP contribution in [0, 0.1) is 0 Å². The first-order valence-electron chi connectivity index (χ1n) is 5.97. The summed E-state index contributed by atoms with van der Waals surface area (Å²) in [5.74, 6) is -0.0217. The molecule has 20 heavy (non-hydrogen) atoms. The zero-order valence-electron chi connectivity index (χ0n) is 10.6. The summed E-state index contributed by atoms with van der Waals surface area (Å²) in [7, 11) is 0. The second-order valence-electron chi connectivity index (χ2n) is 4.25. The number of hydrogen-bond donors (Lipinski definition) is 0. The molecule has 2 nitrogen and oxygen atoms in total. The number of ketones is 1. The third-order valence-corrected chi connectivity index (χ3v) is 5.20. The molecule has 0 aliphatic carbocycles. The van der Waals surface area contributed by atoms with Crippen molar-refractivity contribution in [3.8, 4) is 0 Å². The van der Waals surface area contributed by atoms with E-state index in [0.717, 1.165) is 14.8 Å². The van der Waals surface area contributed by atoms with Gasteiger partial charge in [0.2, 0.25) is 0 Å². The van der Waals surface area contributed by atoms with E-state index in [1.165, 1.54) is 11.6 Å². The maximum atomic E-state index is 11.4. The number of carbonyl (C=O) groups is 1. The number of hydrogen-bond acceptors (Lipinski definition) is 4. The molecule has 0 atom stereocenters. The van der Waals surface area contributed by atoms with Crippen molar-refractivity contribution in [2.24, 2.45) is 0 Å². The van der Waals surface area contributed by atoms with E-state index in [0.29, 0.717) is 10.6 Å². The Kier molecular flexibility index (Phi) is 3.78. The molecule has 0 fully saturated rings. The maximum Gasteiger partial charge on any atom is 0.161 e. The number of para-hydroxylation sites is 1. The van der Waals surface area contributed by atoms with Crippen LogP contribution in [0.1, 0.15) is 17.3 Å². The molecule has 100 valence electrons. The number of carbonyl (C=O) groups excluding carboxylic acids is 1. The van der Waals surface area contributed by atoms with E-state index in [2.05, 4.69) is 11.1 Å². The maximum absolute atomic E-state index is 11.4. The zero-order chi connectivity index (χ0) is 14.1. The lowest BCUT2D eigenvalue weighted by Gasteiger charge is -2.02. The molecule has 0 amide bonds. The molecular formula is C15H10ClNOS2. The van der Waals surface area contributed by atoms with Crippen LogP contribution in [0.25, 0.3) is 10.2 Å². The highest BCUT2D eigenvalue weighted by molar-refractivity contribution is 8.01. The number of fused-ring (bicyclic) bond motifs is 1. The number of thiazole rings is 1. The van der Waals surface area contributed by atoms with E-state index in [9.17, 15) is 4.79 Å². The van der Waals surface area contributed by atoms with Crippen LogP contribution in [-0.4, -0.2) is 10.8 Å². The molecule has 2 aromatic carbocycles. The fraction of sp³-hybridized carbons (Fsp3) is 0.0667. The van der Waals surface area contributed by atoms with Crippen LogP contribution in [0.5, 0.6) is 0 Å². The van der Waals surface area contributed by atoms with E-state index in [1.54, 1.807) is 29.2 Å². The summed E-state index contributed by atoms with van der Waals surface area (Å²) in [5.41, 5.74) is 1.56. The van der Waals surface area contributed by atoms with Crippen molar-refractivity contribution in [2.45, 2.75) is 16.2 Å². The molecule has 0 bridgehead atoms. The van der Waals surface area contributed by atoms with E-state index in [-0.39, 0.29) is 5.78 Å². The number of benzene rings is 2. The Labute approximate surface area is 129 Å². The molecular weight excluding hydrogens is 310 g/mol. The molecule has 0 spiro atoms. The van der Waals surface area contributed by atoms with Gasteiger partial charge < -0.3 is 0 Å². The Morgan fingerprint density at radius 3 is 2.75 bits per heavy atom. The molecule has 3 rings (SSSR count). The lowest BCUT2D eigenvalue weighted by molar-refractivity contribution is 0.101. The molecule has 0 unspecified atom stereocenters. The van der Waals surface area contributed by atoms with Crippen LogP contribution in [0.15, 0.2) is 51.7 Å². The predicted octanol–water partition coefficient (Wildman–Crippen LogP) is 5.30. The van der Waals surface area contributed by atoms with Crippen LogP contribution in [0.3, 0.4) is 0 Å². The van der Waals surface area contributed by atoms with Gasteiger partial charge in [-0.2, -0.15) is 0 Å². The number of halogens is 1. The van der Waals surface area contributed by atoms with Crippen molar-refractivity contribution in [2.75, 3.05) is 0 Å². The summed E-state index contributed by atoms with van der Waals surface area (Å²) in [5, 5.41) is 0.489. The Bertz CT molecular complexity index is 764. The summed E-state index contributed by atoms with van der Waals surface area (Å²) < 4.78 is 2.14. The Morgan fingerprint density at radius 2 is 2.05 bits per heavy atom. The van der Waals surface area contributed by atoms with Crippen LogP contribution in [-0.2, 0) is 0 Å². The first-order valence-corrected chi connectivity index (χ1v) is 7.98. The van der Waals surface area contributed by atoms with Crippen LogP contribution in [0.2, 0.25) is 5.02 Å². The fourth-order valence-corrected chi connectivity index (χ4v) is 4.30. The number of rotatable bonds is 3. The van der Waals surface area contributed by atoms with Crippen LogP contribution < -0.4 is 0 Å². The minimum Gasteiger partial charge on any atom is -0.294 e. The van der Waals surface area contributed by atoms with Crippen LogP contribution in [0.4, 0.5) is 0 Å². The zero-order valence-corrected chi connectivity index (χ0v) is 13.0. The van der Waals surface area contributed by atoms with Crippen molar-refractivity contribution in [1.29, 1.82) is 0 Å². The topological polar surface area (TPSA) is 30.0 Å². The standard InChI is InChI=1S/C15H10ClNOS2/c1-9(18)11-7-6-10(8-12(11)16)19-15-17-13-4-2-3-5-14(13)20-15/h2-8H,1H3. The van der Waals surface area contributed by atoms with Crippen molar-refractivity contribution in [3.63, 3.8) is 0 Å². The number of nitrogens with zero attached hydrogens (tertiary/aromatic N) is 1. The summed E-state index contributed by atoms with van der Waals surface area (Å²) in [4.78, 5) is 16.9. The summed E-state index contributed by atoms with van der Waals surface area (Å²) in [6.07, 6.45) is 0. The molecule has 0 saturated heterocycles. The van der Waals surface area contributed by atoms with Gasteiger partial charge in [0.1, 0.15) is 0 Å². The lowest BCUT2D eigenvalue weighted by atomic mass is 10.1. The average Bonchev–Trinajstić information content (AvgIpc) is 2.80. The van der Waals surface area contributed by atoms with Gasteiger partial charge in [0.25, 0.3) is 0 Å². The first-order chi connectivity index (χ1) is 9.63.